The number of carbonyl (C=O) groups is 1. The van der Waals surface area contributed by atoms with Crippen molar-refractivity contribution in [3.8, 4) is 11.4 Å². The zero-order valence-electron chi connectivity index (χ0n) is 14.6. The smallest absolute Gasteiger partial charge is 0.331 e. The van der Waals surface area contributed by atoms with E-state index in [1.165, 1.54) is 6.08 Å². The maximum absolute atomic E-state index is 11.9. The van der Waals surface area contributed by atoms with Gasteiger partial charge in [-0.05, 0) is 44.2 Å². The van der Waals surface area contributed by atoms with E-state index in [0.29, 0.717) is 10.8 Å². The van der Waals surface area contributed by atoms with Crippen LogP contribution in [-0.4, -0.2) is 25.9 Å². The third-order valence-corrected chi connectivity index (χ3v) is 4.11. The van der Waals surface area contributed by atoms with E-state index in [9.17, 15) is 4.79 Å². The van der Waals surface area contributed by atoms with E-state index in [2.05, 4.69) is 15.2 Å². The third kappa shape index (κ3) is 4.00. The maximum atomic E-state index is 11.9. The van der Waals surface area contributed by atoms with Crippen LogP contribution in [0.1, 0.15) is 22.8 Å². The van der Waals surface area contributed by atoms with Gasteiger partial charge in [-0.3, -0.25) is 4.68 Å². The van der Waals surface area contributed by atoms with Crippen LogP contribution in [0.25, 0.3) is 17.5 Å². The fourth-order valence-corrected chi connectivity index (χ4v) is 2.52. The molecule has 0 atom stereocenters. The van der Waals surface area contributed by atoms with Crippen LogP contribution in [0.15, 0.2) is 34.9 Å². The molecular weight excluding hydrogens is 356 g/mol. The van der Waals surface area contributed by atoms with Crippen molar-refractivity contribution in [2.24, 2.45) is 7.05 Å². The van der Waals surface area contributed by atoms with Crippen molar-refractivity contribution in [1.82, 2.24) is 19.9 Å². The molecule has 2 heterocycles. The van der Waals surface area contributed by atoms with E-state index in [1.807, 2.05) is 20.9 Å². The Morgan fingerprint density at radius 3 is 2.69 bits per heavy atom. The number of aryl methyl sites for hydroxylation is 2. The first-order valence-electron chi connectivity index (χ1n) is 7.87. The number of halogens is 1. The molecule has 0 saturated carbocycles. The third-order valence-electron chi connectivity index (χ3n) is 3.86. The van der Waals surface area contributed by atoms with Crippen LogP contribution in [0, 0.1) is 13.8 Å². The topological polar surface area (TPSA) is 83.0 Å². The first kappa shape index (κ1) is 17.9. The second kappa shape index (κ2) is 7.53. The summed E-state index contributed by atoms with van der Waals surface area (Å²) >= 11 is 5.85. The van der Waals surface area contributed by atoms with Gasteiger partial charge in [0.15, 0.2) is 6.61 Å². The Labute approximate surface area is 155 Å². The van der Waals surface area contributed by atoms with Gasteiger partial charge in [-0.25, -0.2) is 4.79 Å². The number of carbonyl (C=O) groups excluding carboxylic acids is 1. The highest BCUT2D eigenvalue weighted by Gasteiger charge is 2.11. The monoisotopic (exact) mass is 372 g/mol. The Hall–Kier alpha value is -2.93. The van der Waals surface area contributed by atoms with Gasteiger partial charge in [0.1, 0.15) is 0 Å². The van der Waals surface area contributed by atoms with Crippen molar-refractivity contribution in [3.63, 3.8) is 0 Å². The molecule has 3 rings (SSSR count). The lowest BCUT2D eigenvalue weighted by Crippen LogP contribution is -2.01. The minimum absolute atomic E-state index is 0.102. The molecule has 7 nitrogen and oxygen atoms in total. The quantitative estimate of drug-likeness (QED) is 0.503. The summed E-state index contributed by atoms with van der Waals surface area (Å²) in [5.41, 5.74) is 3.47. The minimum atomic E-state index is -0.501. The zero-order chi connectivity index (χ0) is 18.7. The van der Waals surface area contributed by atoms with Gasteiger partial charge in [0, 0.05) is 35.0 Å². The van der Waals surface area contributed by atoms with Crippen LogP contribution in [0.5, 0.6) is 0 Å². The highest BCUT2D eigenvalue weighted by molar-refractivity contribution is 6.30. The normalized spacial score (nSPS) is 11.2. The Bertz CT molecular complexity index is 957. The van der Waals surface area contributed by atoms with Crippen LogP contribution in [0.2, 0.25) is 5.02 Å². The SMILES string of the molecule is Cc1nn(C)c(C)c1/C=C/C(=O)OCc1nc(-c2ccc(Cl)cc2)no1. The van der Waals surface area contributed by atoms with Gasteiger partial charge in [0.25, 0.3) is 5.89 Å². The summed E-state index contributed by atoms with van der Waals surface area (Å²) in [5, 5.41) is 8.78. The molecule has 0 aliphatic rings. The summed E-state index contributed by atoms with van der Waals surface area (Å²) in [7, 11) is 1.85. The van der Waals surface area contributed by atoms with Crippen LogP contribution < -0.4 is 0 Å². The summed E-state index contributed by atoms with van der Waals surface area (Å²) in [6, 6.07) is 7.04. The van der Waals surface area contributed by atoms with E-state index in [-0.39, 0.29) is 12.5 Å². The van der Waals surface area contributed by atoms with E-state index in [0.717, 1.165) is 22.5 Å². The number of ether oxygens (including phenoxy) is 1. The molecule has 3 aromatic rings. The van der Waals surface area contributed by atoms with E-state index in [4.69, 9.17) is 20.9 Å². The van der Waals surface area contributed by atoms with Crippen molar-refractivity contribution in [3.05, 3.63) is 58.2 Å². The van der Waals surface area contributed by atoms with Crippen molar-refractivity contribution in [1.29, 1.82) is 0 Å². The molecular formula is C18H17ClN4O3. The Kier molecular flexibility index (Phi) is 5.18. The summed E-state index contributed by atoms with van der Waals surface area (Å²) in [6.45, 7) is 3.71. The summed E-state index contributed by atoms with van der Waals surface area (Å²) < 4.78 is 12.0. The summed E-state index contributed by atoms with van der Waals surface area (Å²) in [4.78, 5) is 16.1. The van der Waals surface area contributed by atoms with Gasteiger partial charge in [-0.15, -0.1) is 0 Å². The first-order chi connectivity index (χ1) is 12.4. The highest BCUT2D eigenvalue weighted by atomic mass is 35.5. The molecule has 0 N–H and O–H groups in total. The molecule has 2 aromatic heterocycles. The second-order valence-corrected chi connectivity index (χ2v) is 6.10. The van der Waals surface area contributed by atoms with Gasteiger partial charge < -0.3 is 9.26 Å². The molecule has 0 spiro atoms. The van der Waals surface area contributed by atoms with Crippen molar-refractivity contribution in [2.45, 2.75) is 20.5 Å². The lowest BCUT2D eigenvalue weighted by Gasteiger charge is -1.97. The molecule has 0 aliphatic carbocycles. The van der Waals surface area contributed by atoms with Gasteiger partial charge in [-0.2, -0.15) is 10.1 Å². The molecule has 1 aromatic carbocycles. The number of benzene rings is 1. The predicted molar refractivity (Wildman–Crippen MR) is 96.3 cm³/mol. The molecule has 0 fully saturated rings. The van der Waals surface area contributed by atoms with Crippen molar-refractivity contribution >= 4 is 23.6 Å². The molecule has 0 amide bonds. The van der Waals surface area contributed by atoms with Gasteiger partial charge in [0.2, 0.25) is 5.82 Å². The van der Waals surface area contributed by atoms with Crippen LogP contribution in [0.3, 0.4) is 0 Å². The van der Waals surface area contributed by atoms with Crippen molar-refractivity contribution in [2.75, 3.05) is 0 Å². The van der Waals surface area contributed by atoms with Crippen LogP contribution in [0.4, 0.5) is 0 Å². The lowest BCUT2D eigenvalue weighted by atomic mass is 10.2. The average Bonchev–Trinajstić information content (AvgIpc) is 3.18. The molecule has 0 unspecified atom stereocenters. The average molecular weight is 373 g/mol. The van der Waals surface area contributed by atoms with Gasteiger partial charge in [-0.1, -0.05) is 16.8 Å². The predicted octanol–water partition coefficient (Wildman–Crippen LogP) is 3.50. The van der Waals surface area contributed by atoms with Crippen LogP contribution in [-0.2, 0) is 23.2 Å². The van der Waals surface area contributed by atoms with Gasteiger partial charge in [0.05, 0.1) is 5.69 Å². The molecule has 0 aliphatic heterocycles. The Morgan fingerprint density at radius 1 is 1.31 bits per heavy atom. The fourth-order valence-electron chi connectivity index (χ4n) is 2.39. The van der Waals surface area contributed by atoms with Crippen molar-refractivity contribution < 1.29 is 14.1 Å². The molecule has 26 heavy (non-hydrogen) atoms. The lowest BCUT2D eigenvalue weighted by molar-refractivity contribution is -0.139. The second-order valence-electron chi connectivity index (χ2n) is 5.67. The number of aromatic nitrogens is 4. The number of hydrogen-bond donors (Lipinski definition) is 0. The number of rotatable bonds is 5. The van der Waals surface area contributed by atoms with E-state index in [1.54, 1.807) is 35.0 Å². The number of hydrogen-bond acceptors (Lipinski definition) is 6. The van der Waals surface area contributed by atoms with E-state index >= 15 is 0 Å². The maximum Gasteiger partial charge on any atom is 0.331 e. The molecule has 134 valence electrons. The van der Waals surface area contributed by atoms with Crippen LogP contribution >= 0.6 is 11.6 Å². The number of nitrogens with zero attached hydrogens (tertiary/aromatic N) is 4. The molecule has 8 heteroatoms. The standard InChI is InChI=1S/C18H17ClN4O3/c1-11-15(12(2)23(3)21-11)8-9-17(24)25-10-16-20-18(22-26-16)13-4-6-14(19)7-5-13/h4-9H,10H2,1-3H3/b9-8+. The Morgan fingerprint density at radius 2 is 2.04 bits per heavy atom. The largest absolute Gasteiger partial charge is 0.452 e. The number of esters is 1. The molecule has 0 bridgehead atoms. The molecule has 0 radical (unpaired) electrons. The van der Waals surface area contributed by atoms with E-state index < -0.39 is 5.97 Å². The minimum Gasteiger partial charge on any atom is -0.452 e. The van der Waals surface area contributed by atoms with Gasteiger partial charge >= 0.3 is 5.97 Å². The molecule has 0 saturated heterocycles. The summed E-state index contributed by atoms with van der Waals surface area (Å²) in [5.74, 6) is 0.120. The zero-order valence-corrected chi connectivity index (χ0v) is 15.3. The summed E-state index contributed by atoms with van der Waals surface area (Å²) in [6.07, 6.45) is 3.04. The highest BCUT2D eigenvalue weighted by Crippen LogP contribution is 2.19. The fraction of sp³-hybridized carbons (Fsp3) is 0.222. The Balaban J connectivity index is 1.60. The first-order valence-corrected chi connectivity index (χ1v) is 8.25.